The fraction of sp³-hybridized carbons (Fsp3) is 0.333. The number of sulfonamides is 1. The number of hydrogen-bond acceptors (Lipinski definition) is 4. The predicted octanol–water partition coefficient (Wildman–Crippen LogP) is 0.101. The van der Waals surface area contributed by atoms with Crippen molar-refractivity contribution in [2.75, 3.05) is 20.6 Å². The molecule has 0 radical (unpaired) electrons. The van der Waals surface area contributed by atoms with Crippen LogP contribution in [0.2, 0.25) is 5.15 Å². The number of aromatic nitrogens is 1. The van der Waals surface area contributed by atoms with Crippen molar-refractivity contribution in [1.82, 2.24) is 14.6 Å². The Hall–Kier alpha value is -1.18. The topological polar surface area (TPSA) is 79.4 Å². The van der Waals surface area contributed by atoms with Gasteiger partial charge in [-0.3, -0.25) is 4.79 Å². The molecule has 0 bridgehead atoms. The van der Waals surface area contributed by atoms with Gasteiger partial charge in [0.2, 0.25) is 15.9 Å². The van der Waals surface area contributed by atoms with E-state index in [0.29, 0.717) is 0 Å². The molecular formula is C9H12ClN3O3S. The summed E-state index contributed by atoms with van der Waals surface area (Å²) in [6, 6.07) is 2.68. The number of likely N-dealkylation sites (N-methyl/N-ethyl adjacent to an activating group) is 1. The SMILES string of the molecule is CN(C)C(=O)CNS(=O)(=O)c1ccc(Cl)nc1. The molecular weight excluding hydrogens is 266 g/mol. The van der Waals surface area contributed by atoms with Crippen molar-refractivity contribution in [2.24, 2.45) is 0 Å². The average molecular weight is 278 g/mol. The number of nitrogens with one attached hydrogen (secondary N) is 1. The van der Waals surface area contributed by atoms with E-state index >= 15 is 0 Å². The molecule has 0 spiro atoms. The first-order chi connectivity index (χ1) is 7.83. The lowest BCUT2D eigenvalue weighted by Gasteiger charge is -2.11. The van der Waals surface area contributed by atoms with Crippen LogP contribution in [0.1, 0.15) is 0 Å². The van der Waals surface area contributed by atoms with Crippen molar-refractivity contribution in [3.05, 3.63) is 23.5 Å². The van der Waals surface area contributed by atoms with Gasteiger partial charge in [0, 0.05) is 20.3 Å². The highest BCUT2D eigenvalue weighted by Gasteiger charge is 2.16. The maximum absolute atomic E-state index is 11.7. The van der Waals surface area contributed by atoms with Gasteiger partial charge in [0.25, 0.3) is 0 Å². The number of hydrogen-bond donors (Lipinski definition) is 1. The van der Waals surface area contributed by atoms with E-state index in [1.165, 1.54) is 17.0 Å². The van der Waals surface area contributed by atoms with Crippen molar-refractivity contribution < 1.29 is 13.2 Å². The van der Waals surface area contributed by atoms with E-state index < -0.39 is 10.0 Å². The van der Waals surface area contributed by atoms with E-state index in [2.05, 4.69) is 9.71 Å². The molecule has 1 rings (SSSR count). The van der Waals surface area contributed by atoms with Gasteiger partial charge >= 0.3 is 0 Å². The normalized spacial score (nSPS) is 11.2. The van der Waals surface area contributed by atoms with Crippen LogP contribution in [-0.2, 0) is 14.8 Å². The number of nitrogens with zero attached hydrogens (tertiary/aromatic N) is 2. The van der Waals surface area contributed by atoms with Gasteiger partial charge in [-0.25, -0.2) is 18.1 Å². The summed E-state index contributed by atoms with van der Waals surface area (Å²) in [5, 5.41) is 0.202. The van der Waals surface area contributed by atoms with E-state index in [0.717, 1.165) is 6.20 Å². The molecule has 0 unspecified atom stereocenters. The summed E-state index contributed by atoms with van der Waals surface area (Å²) in [6.45, 7) is -0.294. The van der Waals surface area contributed by atoms with Gasteiger partial charge in [-0.15, -0.1) is 0 Å². The van der Waals surface area contributed by atoms with Crippen LogP contribution in [0.5, 0.6) is 0 Å². The first kappa shape index (κ1) is 13.9. The molecule has 0 aliphatic rings. The molecule has 0 atom stereocenters. The monoisotopic (exact) mass is 277 g/mol. The smallest absolute Gasteiger partial charge is 0.242 e. The molecule has 8 heteroatoms. The second-order valence-corrected chi connectivity index (χ2v) is 5.58. The van der Waals surface area contributed by atoms with Crippen molar-refractivity contribution >= 4 is 27.5 Å². The van der Waals surface area contributed by atoms with Crippen molar-refractivity contribution in [3.63, 3.8) is 0 Å². The summed E-state index contributed by atoms with van der Waals surface area (Å²) < 4.78 is 25.6. The van der Waals surface area contributed by atoms with E-state index in [1.807, 2.05) is 0 Å². The van der Waals surface area contributed by atoms with Gasteiger partial charge in [-0.2, -0.15) is 0 Å². The number of amides is 1. The fourth-order valence-corrected chi connectivity index (χ4v) is 1.95. The van der Waals surface area contributed by atoms with Crippen LogP contribution in [0.15, 0.2) is 23.2 Å². The van der Waals surface area contributed by atoms with E-state index in [-0.39, 0.29) is 22.5 Å². The Morgan fingerprint density at radius 1 is 1.47 bits per heavy atom. The summed E-state index contributed by atoms with van der Waals surface area (Å²) in [6.07, 6.45) is 1.13. The predicted molar refractivity (Wildman–Crippen MR) is 63.1 cm³/mol. The third-order valence-electron chi connectivity index (χ3n) is 1.92. The minimum atomic E-state index is -3.72. The van der Waals surface area contributed by atoms with E-state index in [1.54, 1.807) is 14.1 Å². The van der Waals surface area contributed by atoms with Gasteiger partial charge in [-0.1, -0.05) is 11.6 Å². The lowest BCUT2D eigenvalue weighted by molar-refractivity contribution is -0.127. The van der Waals surface area contributed by atoms with Crippen LogP contribution in [0.3, 0.4) is 0 Å². The lowest BCUT2D eigenvalue weighted by Crippen LogP contribution is -2.36. The molecule has 0 aliphatic heterocycles. The molecule has 0 aromatic carbocycles. The molecule has 94 valence electrons. The summed E-state index contributed by atoms with van der Waals surface area (Å²) >= 11 is 5.54. The Morgan fingerprint density at radius 2 is 2.12 bits per heavy atom. The Kier molecular flexibility index (Phi) is 4.44. The van der Waals surface area contributed by atoms with Gasteiger partial charge in [0.05, 0.1) is 6.54 Å². The van der Waals surface area contributed by atoms with Gasteiger partial charge in [-0.05, 0) is 12.1 Å². The molecule has 0 saturated heterocycles. The molecule has 17 heavy (non-hydrogen) atoms. The van der Waals surface area contributed by atoms with E-state index in [9.17, 15) is 13.2 Å². The maximum Gasteiger partial charge on any atom is 0.242 e. The van der Waals surface area contributed by atoms with Gasteiger partial charge < -0.3 is 4.90 Å². The summed E-state index contributed by atoms with van der Waals surface area (Å²) in [4.78, 5) is 16.2. The fourth-order valence-electron chi connectivity index (χ4n) is 0.919. The highest BCUT2D eigenvalue weighted by Crippen LogP contribution is 2.10. The molecule has 0 aliphatic carbocycles. The second-order valence-electron chi connectivity index (χ2n) is 3.43. The molecule has 6 nitrogen and oxygen atoms in total. The number of carbonyl (C=O) groups is 1. The van der Waals surface area contributed by atoms with Crippen LogP contribution in [0.25, 0.3) is 0 Å². The molecule has 0 fully saturated rings. The molecule has 1 amide bonds. The first-order valence-electron chi connectivity index (χ1n) is 4.64. The average Bonchev–Trinajstić information content (AvgIpc) is 2.26. The zero-order chi connectivity index (χ0) is 13.1. The summed E-state index contributed by atoms with van der Waals surface area (Å²) in [5.74, 6) is -0.338. The lowest BCUT2D eigenvalue weighted by atomic mass is 10.5. The van der Waals surface area contributed by atoms with Crippen molar-refractivity contribution in [2.45, 2.75) is 4.90 Å². The minimum absolute atomic E-state index is 0.0338. The summed E-state index contributed by atoms with van der Waals surface area (Å²) in [7, 11) is -0.640. The van der Waals surface area contributed by atoms with Crippen LogP contribution in [0.4, 0.5) is 0 Å². The first-order valence-corrected chi connectivity index (χ1v) is 6.50. The maximum atomic E-state index is 11.7. The van der Waals surface area contributed by atoms with Crippen molar-refractivity contribution in [3.8, 4) is 0 Å². The van der Waals surface area contributed by atoms with Crippen molar-refractivity contribution in [1.29, 1.82) is 0 Å². The number of halogens is 1. The largest absolute Gasteiger partial charge is 0.348 e. The second kappa shape index (κ2) is 5.44. The third kappa shape index (κ3) is 3.95. The Morgan fingerprint density at radius 3 is 2.59 bits per heavy atom. The minimum Gasteiger partial charge on any atom is -0.348 e. The quantitative estimate of drug-likeness (QED) is 0.792. The number of rotatable bonds is 4. The number of pyridine rings is 1. The Bertz CT molecular complexity index is 499. The standard InChI is InChI=1S/C9H12ClN3O3S/c1-13(2)9(14)6-12-17(15,16)7-3-4-8(10)11-5-7/h3-5,12H,6H2,1-2H3. The van der Waals surface area contributed by atoms with Gasteiger partial charge in [0.1, 0.15) is 10.0 Å². The molecule has 1 aromatic heterocycles. The number of carbonyl (C=O) groups excluding carboxylic acids is 1. The Balaban J connectivity index is 2.76. The third-order valence-corrected chi connectivity index (χ3v) is 3.53. The zero-order valence-corrected chi connectivity index (χ0v) is 10.9. The molecule has 1 aromatic rings. The highest BCUT2D eigenvalue weighted by molar-refractivity contribution is 7.89. The summed E-state index contributed by atoms with van der Waals surface area (Å²) in [5.41, 5.74) is 0. The van der Waals surface area contributed by atoms with Crippen LogP contribution < -0.4 is 4.72 Å². The molecule has 0 saturated carbocycles. The zero-order valence-electron chi connectivity index (χ0n) is 9.34. The molecule has 1 N–H and O–H groups in total. The van der Waals surface area contributed by atoms with Crippen LogP contribution in [-0.4, -0.2) is 44.8 Å². The van der Waals surface area contributed by atoms with Crippen LogP contribution in [0, 0.1) is 0 Å². The van der Waals surface area contributed by atoms with Crippen LogP contribution >= 0.6 is 11.6 Å². The highest BCUT2D eigenvalue weighted by atomic mass is 35.5. The molecule has 1 heterocycles. The Labute approximate surface area is 105 Å². The van der Waals surface area contributed by atoms with E-state index in [4.69, 9.17) is 11.6 Å². The van der Waals surface area contributed by atoms with Gasteiger partial charge in [0.15, 0.2) is 0 Å².